The summed E-state index contributed by atoms with van der Waals surface area (Å²) in [7, 11) is 2.95. The van der Waals surface area contributed by atoms with Crippen LogP contribution in [-0.2, 0) is 14.4 Å². The van der Waals surface area contributed by atoms with Gasteiger partial charge in [0.15, 0.2) is 11.5 Å². The molecule has 0 saturated carbocycles. The standard InChI is InChI=1S/C22H20N2O7S/c1-13(25)31-17-9-4-14(10-18(17)30-3)11-19-21(27)24(22(28)32-19)12-20(26)23-15-5-7-16(29-2)8-6-15/h4-11H,12H2,1-3H3,(H,23,26)/b19-11-. The zero-order valence-corrected chi connectivity index (χ0v) is 18.4. The van der Waals surface area contributed by atoms with Crippen LogP contribution in [0.1, 0.15) is 12.5 Å². The lowest BCUT2D eigenvalue weighted by molar-refractivity contribution is -0.132. The third-order valence-electron chi connectivity index (χ3n) is 4.29. The summed E-state index contributed by atoms with van der Waals surface area (Å²) in [4.78, 5) is 49.5. The summed E-state index contributed by atoms with van der Waals surface area (Å²) in [5.41, 5.74) is 1.07. The summed E-state index contributed by atoms with van der Waals surface area (Å²) in [5, 5.41) is 2.09. The molecule has 0 aliphatic carbocycles. The van der Waals surface area contributed by atoms with Gasteiger partial charge < -0.3 is 19.5 Å². The maximum absolute atomic E-state index is 12.7. The van der Waals surface area contributed by atoms with Gasteiger partial charge in [0.05, 0.1) is 19.1 Å². The Kier molecular flexibility index (Phi) is 7.16. The van der Waals surface area contributed by atoms with Crippen LogP contribution in [0.5, 0.6) is 17.2 Å². The molecule has 32 heavy (non-hydrogen) atoms. The molecule has 1 aliphatic heterocycles. The van der Waals surface area contributed by atoms with Gasteiger partial charge in [0.1, 0.15) is 12.3 Å². The molecule has 166 valence electrons. The largest absolute Gasteiger partial charge is 0.497 e. The second-order valence-electron chi connectivity index (χ2n) is 6.55. The maximum atomic E-state index is 12.7. The number of hydrogen-bond acceptors (Lipinski definition) is 8. The lowest BCUT2D eigenvalue weighted by Gasteiger charge is -2.12. The molecule has 0 aromatic heterocycles. The number of carbonyl (C=O) groups is 4. The Morgan fingerprint density at radius 3 is 2.38 bits per heavy atom. The summed E-state index contributed by atoms with van der Waals surface area (Å²) < 4.78 is 15.3. The average molecular weight is 456 g/mol. The van der Waals surface area contributed by atoms with Gasteiger partial charge in [-0.1, -0.05) is 6.07 Å². The van der Waals surface area contributed by atoms with Crippen LogP contribution >= 0.6 is 11.8 Å². The number of nitrogens with one attached hydrogen (secondary N) is 1. The number of amides is 3. The SMILES string of the molecule is COc1ccc(NC(=O)CN2C(=O)S/C(=C\c3ccc(OC(C)=O)c(OC)c3)C2=O)cc1. The van der Waals surface area contributed by atoms with E-state index >= 15 is 0 Å². The van der Waals surface area contributed by atoms with Crippen molar-refractivity contribution < 1.29 is 33.4 Å². The van der Waals surface area contributed by atoms with Crippen molar-refractivity contribution in [3.05, 3.63) is 52.9 Å². The minimum absolute atomic E-state index is 0.162. The van der Waals surface area contributed by atoms with Crippen molar-refractivity contribution in [3.8, 4) is 17.2 Å². The number of benzene rings is 2. The first-order chi connectivity index (χ1) is 15.3. The van der Waals surface area contributed by atoms with E-state index in [9.17, 15) is 19.2 Å². The van der Waals surface area contributed by atoms with E-state index in [0.717, 1.165) is 16.7 Å². The Morgan fingerprint density at radius 2 is 1.75 bits per heavy atom. The number of thioether (sulfide) groups is 1. The van der Waals surface area contributed by atoms with Gasteiger partial charge in [-0.05, 0) is 59.8 Å². The fraction of sp³-hybridized carbons (Fsp3) is 0.182. The second kappa shape index (κ2) is 10.0. The molecule has 9 nitrogen and oxygen atoms in total. The highest BCUT2D eigenvalue weighted by Crippen LogP contribution is 2.34. The monoisotopic (exact) mass is 456 g/mol. The second-order valence-corrected chi connectivity index (χ2v) is 7.54. The summed E-state index contributed by atoms with van der Waals surface area (Å²) in [6.07, 6.45) is 1.51. The molecule has 3 amide bonds. The van der Waals surface area contributed by atoms with E-state index in [2.05, 4.69) is 5.32 Å². The van der Waals surface area contributed by atoms with E-state index < -0.39 is 29.6 Å². The minimum Gasteiger partial charge on any atom is -0.497 e. The normalized spacial score (nSPS) is 14.5. The molecular weight excluding hydrogens is 436 g/mol. The Labute approximate surface area is 188 Å². The molecule has 0 unspecified atom stereocenters. The van der Waals surface area contributed by atoms with Crippen LogP contribution in [0.3, 0.4) is 0 Å². The van der Waals surface area contributed by atoms with Crippen LogP contribution in [-0.4, -0.2) is 48.7 Å². The zero-order valence-electron chi connectivity index (χ0n) is 17.5. The number of methoxy groups -OCH3 is 2. The van der Waals surface area contributed by atoms with E-state index in [-0.39, 0.29) is 10.7 Å². The molecule has 2 aromatic rings. The van der Waals surface area contributed by atoms with E-state index in [1.54, 1.807) is 36.4 Å². The third-order valence-corrected chi connectivity index (χ3v) is 5.20. The summed E-state index contributed by atoms with van der Waals surface area (Å²) in [5.74, 6) is -0.409. The van der Waals surface area contributed by atoms with Gasteiger partial charge in [0, 0.05) is 12.6 Å². The molecule has 0 atom stereocenters. The van der Waals surface area contributed by atoms with Gasteiger partial charge in [-0.15, -0.1) is 0 Å². The van der Waals surface area contributed by atoms with Crippen LogP contribution in [0.25, 0.3) is 6.08 Å². The molecule has 1 N–H and O–H groups in total. The molecule has 1 aliphatic rings. The number of hydrogen-bond donors (Lipinski definition) is 1. The molecule has 1 saturated heterocycles. The number of imide groups is 1. The first kappa shape index (κ1) is 22.9. The first-order valence-corrected chi connectivity index (χ1v) is 10.2. The number of ether oxygens (including phenoxy) is 3. The van der Waals surface area contributed by atoms with Crippen molar-refractivity contribution in [2.45, 2.75) is 6.92 Å². The number of anilines is 1. The lowest BCUT2D eigenvalue weighted by atomic mass is 10.2. The van der Waals surface area contributed by atoms with Crippen molar-refractivity contribution in [3.63, 3.8) is 0 Å². The lowest BCUT2D eigenvalue weighted by Crippen LogP contribution is -2.36. The molecule has 2 aromatic carbocycles. The van der Waals surface area contributed by atoms with Gasteiger partial charge in [-0.3, -0.25) is 24.1 Å². The molecule has 0 spiro atoms. The Bertz CT molecular complexity index is 1100. The fourth-order valence-electron chi connectivity index (χ4n) is 2.82. The van der Waals surface area contributed by atoms with Gasteiger partial charge in [-0.25, -0.2) is 0 Å². The molecule has 0 radical (unpaired) electrons. The minimum atomic E-state index is -0.576. The highest BCUT2D eigenvalue weighted by Gasteiger charge is 2.36. The predicted molar refractivity (Wildman–Crippen MR) is 119 cm³/mol. The summed E-state index contributed by atoms with van der Waals surface area (Å²) >= 11 is 0.734. The number of esters is 1. The van der Waals surface area contributed by atoms with Crippen molar-refractivity contribution in [1.82, 2.24) is 4.90 Å². The smallest absolute Gasteiger partial charge is 0.308 e. The van der Waals surface area contributed by atoms with Crippen molar-refractivity contribution >= 4 is 46.5 Å². The van der Waals surface area contributed by atoms with E-state index in [4.69, 9.17) is 14.2 Å². The van der Waals surface area contributed by atoms with E-state index in [1.165, 1.54) is 33.3 Å². The summed E-state index contributed by atoms with van der Waals surface area (Å²) in [6.45, 7) is 0.858. The Morgan fingerprint density at radius 1 is 1.03 bits per heavy atom. The quantitative estimate of drug-likeness (QED) is 0.384. The predicted octanol–water partition coefficient (Wildman–Crippen LogP) is 3.30. The van der Waals surface area contributed by atoms with E-state index in [1.807, 2.05) is 0 Å². The average Bonchev–Trinajstić information content (AvgIpc) is 3.02. The number of carbonyl (C=O) groups excluding carboxylic acids is 4. The van der Waals surface area contributed by atoms with Gasteiger partial charge in [-0.2, -0.15) is 0 Å². The van der Waals surface area contributed by atoms with Crippen molar-refractivity contribution in [1.29, 1.82) is 0 Å². The van der Waals surface area contributed by atoms with Gasteiger partial charge in [0.2, 0.25) is 5.91 Å². The molecule has 1 fully saturated rings. The zero-order chi connectivity index (χ0) is 23.3. The molecule has 3 rings (SSSR count). The van der Waals surface area contributed by atoms with Crippen LogP contribution in [0.2, 0.25) is 0 Å². The highest BCUT2D eigenvalue weighted by molar-refractivity contribution is 8.18. The Balaban J connectivity index is 1.70. The van der Waals surface area contributed by atoms with Crippen LogP contribution < -0.4 is 19.5 Å². The third kappa shape index (κ3) is 5.46. The van der Waals surface area contributed by atoms with Crippen molar-refractivity contribution in [2.75, 3.05) is 26.1 Å². The first-order valence-electron chi connectivity index (χ1n) is 9.36. The van der Waals surface area contributed by atoms with Crippen LogP contribution in [0, 0.1) is 0 Å². The fourth-order valence-corrected chi connectivity index (χ4v) is 3.66. The summed E-state index contributed by atoms with van der Waals surface area (Å²) in [6, 6.07) is 11.4. The van der Waals surface area contributed by atoms with Crippen LogP contribution in [0.15, 0.2) is 47.4 Å². The van der Waals surface area contributed by atoms with Crippen LogP contribution in [0.4, 0.5) is 10.5 Å². The topological polar surface area (TPSA) is 111 Å². The highest BCUT2D eigenvalue weighted by atomic mass is 32.2. The molecular formula is C22H20N2O7S. The maximum Gasteiger partial charge on any atom is 0.308 e. The van der Waals surface area contributed by atoms with Gasteiger partial charge >= 0.3 is 5.97 Å². The van der Waals surface area contributed by atoms with E-state index in [0.29, 0.717) is 22.7 Å². The molecule has 10 heteroatoms. The van der Waals surface area contributed by atoms with Gasteiger partial charge in [0.25, 0.3) is 11.1 Å². The number of rotatable bonds is 7. The Hall–Kier alpha value is -3.79. The van der Waals surface area contributed by atoms with Crippen molar-refractivity contribution in [2.24, 2.45) is 0 Å². The molecule has 0 bridgehead atoms. The molecule has 1 heterocycles. The number of nitrogens with zero attached hydrogens (tertiary/aromatic N) is 1.